The zero-order chi connectivity index (χ0) is 15.5. The van der Waals surface area contributed by atoms with Crippen LogP contribution in [0.2, 0.25) is 0 Å². The molecule has 114 valence electrons. The molecule has 7 heteroatoms. The molecule has 4 nitrogen and oxygen atoms in total. The second-order valence-corrected chi connectivity index (χ2v) is 5.61. The van der Waals surface area contributed by atoms with Crippen LogP contribution in [0, 0.1) is 0 Å². The van der Waals surface area contributed by atoms with Crippen LogP contribution in [0.1, 0.15) is 12.4 Å². The van der Waals surface area contributed by atoms with E-state index in [-0.39, 0.29) is 0 Å². The van der Waals surface area contributed by atoms with Crippen LogP contribution in [0.5, 0.6) is 0 Å². The fourth-order valence-corrected chi connectivity index (χ4v) is 3.07. The average Bonchev–Trinajstić information content (AvgIpc) is 3.13. The van der Waals surface area contributed by atoms with Gasteiger partial charge in [0.2, 0.25) is 0 Å². The highest BCUT2D eigenvalue weighted by Gasteiger charge is 2.14. The SMILES string of the molecule is Cn1c(-c2ccccc2)cnc1SCc1nccn1C(F)F. The predicted octanol–water partition coefficient (Wildman–Crippen LogP) is 3.97. The van der Waals surface area contributed by atoms with Crippen molar-refractivity contribution in [3.63, 3.8) is 0 Å². The van der Waals surface area contributed by atoms with Crippen LogP contribution in [0.15, 0.2) is 54.1 Å². The first-order valence-electron chi connectivity index (χ1n) is 6.66. The van der Waals surface area contributed by atoms with Gasteiger partial charge in [0.15, 0.2) is 5.16 Å². The Morgan fingerprint density at radius 1 is 1.18 bits per heavy atom. The molecule has 1 aromatic carbocycles. The van der Waals surface area contributed by atoms with Gasteiger partial charge in [-0.05, 0) is 5.56 Å². The minimum absolute atomic E-state index is 0.337. The Morgan fingerprint density at radius 2 is 1.95 bits per heavy atom. The van der Waals surface area contributed by atoms with E-state index in [9.17, 15) is 8.78 Å². The molecular formula is C15H14F2N4S. The summed E-state index contributed by atoms with van der Waals surface area (Å²) in [5, 5.41) is 0.766. The number of halogens is 2. The van der Waals surface area contributed by atoms with Crippen LogP contribution in [-0.2, 0) is 12.8 Å². The highest BCUT2D eigenvalue weighted by Crippen LogP contribution is 2.27. The summed E-state index contributed by atoms with van der Waals surface area (Å²) in [6.07, 6.45) is 4.46. The molecule has 2 heterocycles. The molecule has 3 aromatic rings. The fraction of sp³-hybridized carbons (Fsp3) is 0.200. The summed E-state index contributed by atoms with van der Waals surface area (Å²) >= 11 is 1.39. The van der Waals surface area contributed by atoms with Gasteiger partial charge in [0.05, 0.1) is 17.6 Å². The largest absolute Gasteiger partial charge is 0.322 e. The molecule has 0 bridgehead atoms. The molecule has 0 aliphatic rings. The Morgan fingerprint density at radius 3 is 2.68 bits per heavy atom. The predicted molar refractivity (Wildman–Crippen MR) is 81.7 cm³/mol. The molecule has 0 N–H and O–H groups in total. The number of aromatic nitrogens is 4. The Labute approximate surface area is 130 Å². The van der Waals surface area contributed by atoms with Gasteiger partial charge in [-0.3, -0.25) is 4.57 Å². The van der Waals surface area contributed by atoms with Crippen LogP contribution >= 0.6 is 11.8 Å². The van der Waals surface area contributed by atoms with Crippen molar-refractivity contribution in [1.29, 1.82) is 0 Å². The molecule has 0 amide bonds. The van der Waals surface area contributed by atoms with Crippen molar-refractivity contribution in [3.8, 4) is 11.3 Å². The molecule has 0 aliphatic carbocycles. The van der Waals surface area contributed by atoms with Gasteiger partial charge < -0.3 is 4.57 Å². The lowest BCUT2D eigenvalue weighted by Gasteiger charge is -2.07. The first kappa shape index (κ1) is 14.8. The maximum absolute atomic E-state index is 12.8. The third-order valence-corrected chi connectivity index (χ3v) is 4.34. The minimum atomic E-state index is -2.57. The van der Waals surface area contributed by atoms with E-state index >= 15 is 0 Å². The molecule has 0 aliphatic heterocycles. The van der Waals surface area contributed by atoms with Crippen molar-refractivity contribution in [1.82, 2.24) is 19.1 Å². The van der Waals surface area contributed by atoms with Crippen molar-refractivity contribution in [3.05, 3.63) is 54.7 Å². The molecule has 0 unspecified atom stereocenters. The quantitative estimate of drug-likeness (QED) is 0.667. The van der Waals surface area contributed by atoms with Crippen LogP contribution in [0.25, 0.3) is 11.3 Å². The standard InChI is InChI=1S/C15H14F2N4S/c1-20-12(11-5-3-2-4-6-11)9-19-15(20)22-10-13-18-7-8-21(13)14(16)17/h2-9,14H,10H2,1H3. The van der Waals surface area contributed by atoms with E-state index in [0.29, 0.717) is 11.6 Å². The lowest BCUT2D eigenvalue weighted by atomic mass is 10.2. The number of alkyl halides is 2. The first-order valence-corrected chi connectivity index (χ1v) is 7.65. The summed E-state index contributed by atoms with van der Waals surface area (Å²) in [7, 11) is 1.91. The molecule has 22 heavy (non-hydrogen) atoms. The summed E-state index contributed by atoms with van der Waals surface area (Å²) in [5.74, 6) is 0.681. The molecule has 0 saturated carbocycles. The molecular weight excluding hydrogens is 306 g/mol. The molecule has 0 fully saturated rings. The van der Waals surface area contributed by atoms with Crippen LogP contribution in [0.3, 0.4) is 0 Å². The smallest absolute Gasteiger partial charge is 0.319 e. The van der Waals surface area contributed by atoms with Crippen LogP contribution in [-0.4, -0.2) is 19.1 Å². The Hall–Kier alpha value is -2.15. The highest BCUT2D eigenvalue weighted by atomic mass is 32.2. The number of rotatable bonds is 5. The van der Waals surface area contributed by atoms with Gasteiger partial charge >= 0.3 is 6.55 Å². The maximum atomic E-state index is 12.8. The first-order chi connectivity index (χ1) is 10.7. The van der Waals surface area contributed by atoms with Gasteiger partial charge in [0.25, 0.3) is 0 Å². The molecule has 3 rings (SSSR count). The lowest BCUT2D eigenvalue weighted by Crippen LogP contribution is -2.03. The number of hydrogen-bond donors (Lipinski definition) is 0. The number of benzene rings is 1. The number of nitrogens with zero attached hydrogens (tertiary/aromatic N) is 4. The van der Waals surface area contributed by atoms with E-state index in [1.54, 1.807) is 6.20 Å². The summed E-state index contributed by atoms with van der Waals surface area (Å²) in [6.45, 7) is -2.57. The monoisotopic (exact) mass is 320 g/mol. The van der Waals surface area contributed by atoms with Gasteiger partial charge in [-0.25, -0.2) is 9.97 Å². The van der Waals surface area contributed by atoms with Crippen molar-refractivity contribution < 1.29 is 8.78 Å². The summed E-state index contributed by atoms with van der Waals surface area (Å²) in [5.41, 5.74) is 2.05. The highest BCUT2D eigenvalue weighted by molar-refractivity contribution is 7.98. The maximum Gasteiger partial charge on any atom is 0.319 e. The summed E-state index contributed by atoms with van der Waals surface area (Å²) in [4.78, 5) is 8.34. The van der Waals surface area contributed by atoms with Crippen molar-refractivity contribution >= 4 is 11.8 Å². The minimum Gasteiger partial charge on any atom is -0.322 e. The Balaban J connectivity index is 1.77. The van der Waals surface area contributed by atoms with E-state index in [0.717, 1.165) is 21.0 Å². The average molecular weight is 320 g/mol. The topological polar surface area (TPSA) is 35.6 Å². The van der Waals surface area contributed by atoms with E-state index in [1.165, 1.54) is 24.2 Å². The summed E-state index contributed by atoms with van der Waals surface area (Å²) < 4.78 is 28.4. The second kappa shape index (κ2) is 6.31. The zero-order valence-electron chi connectivity index (χ0n) is 11.9. The number of imidazole rings is 2. The van der Waals surface area contributed by atoms with Crippen molar-refractivity contribution in [2.45, 2.75) is 17.5 Å². The van der Waals surface area contributed by atoms with Gasteiger partial charge in [-0.15, -0.1) is 0 Å². The van der Waals surface area contributed by atoms with Gasteiger partial charge in [0, 0.05) is 19.4 Å². The molecule has 0 saturated heterocycles. The lowest BCUT2D eigenvalue weighted by molar-refractivity contribution is 0.0678. The second-order valence-electron chi connectivity index (χ2n) is 4.67. The van der Waals surface area contributed by atoms with Crippen molar-refractivity contribution in [2.75, 3.05) is 0 Å². The van der Waals surface area contributed by atoms with Gasteiger partial charge in [-0.1, -0.05) is 42.1 Å². The Bertz CT molecular complexity index is 752. The van der Waals surface area contributed by atoms with Gasteiger partial charge in [-0.2, -0.15) is 8.78 Å². The number of thioether (sulfide) groups is 1. The summed E-state index contributed by atoms with van der Waals surface area (Å²) in [6, 6.07) is 9.91. The van der Waals surface area contributed by atoms with E-state index in [1.807, 2.05) is 41.9 Å². The molecule has 0 spiro atoms. The van der Waals surface area contributed by atoms with Crippen LogP contribution in [0.4, 0.5) is 8.78 Å². The van der Waals surface area contributed by atoms with E-state index < -0.39 is 6.55 Å². The van der Waals surface area contributed by atoms with E-state index in [4.69, 9.17) is 0 Å². The van der Waals surface area contributed by atoms with Crippen LogP contribution < -0.4 is 0 Å². The molecule has 0 atom stereocenters. The molecule has 2 aromatic heterocycles. The van der Waals surface area contributed by atoms with Crippen molar-refractivity contribution in [2.24, 2.45) is 7.05 Å². The zero-order valence-corrected chi connectivity index (χ0v) is 12.7. The van der Waals surface area contributed by atoms with E-state index in [2.05, 4.69) is 9.97 Å². The molecule has 0 radical (unpaired) electrons. The van der Waals surface area contributed by atoms with Gasteiger partial charge in [0.1, 0.15) is 5.82 Å². The number of hydrogen-bond acceptors (Lipinski definition) is 3. The third kappa shape index (κ3) is 2.89. The Kier molecular flexibility index (Phi) is 4.24. The normalized spacial score (nSPS) is 11.3. The fourth-order valence-electron chi connectivity index (χ4n) is 2.17. The third-order valence-electron chi connectivity index (χ3n) is 3.30.